The number of halogens is 1. The SMILES string of the molecule is C#C/C(Cl)=C\C(=C(/C)OC)c1nn(CC(=O)NC(C)(C)C)cc1NC(=O)c1cnn2cccnc12. The molecule has 3 aromatic rings. The fraction of sp³-hybridized carbons (Fsp3) is 0.292. The zero-order chi connectivity index (χ0) is 25.8. The Morgan fingerprint density at radius 1 is 1.34 bits per heavy atom. The molecular formula is C24H26ClN7O3. The third-order valence-corrected chi connectivity index (χ3v) is 4.92. The second kappa shape index (κ2) is 10.4. The maximum Gasteiger partial charge on any atom is 0.261 e. The van der Waals surface area contributed by atoms with E-state index >= 15 is 0 Å². The average Bonchev–Trinajstić information content (AvgIpc) is 3.39. The second-order valence-electron chi connectivity index (χ2n) is 8.60. The minimum Gasteiger partial charge on any atom is -0.501 e. The van der Waals surface area contributed by atoms with Crippen molar-refractivity contribution in [2.75, 3.05) is 12.4 Å². The standard InChI is InChI=1S/C24H26ClN7O3/c1-7-16(25)11-17(15(2)35-6)21-19(13-31(30-21)14-20(33)29-24(3,4)5)28-23(34)18-12-27-32-10-8-9-26-22(18)32/h1,8-13H,14H2,2-6H3,(H,28,34)(H,29,33)/b16-11+,17-15-. The zero-order valence-corrected chi connectivity index (χ0v) is 20.8. The Morgan fingerprint density at radius 3 is 2.74 bits per heavy atom. The summed E-state index contributed by atoms with van der Waals surface area (Å²) in [5.41, 5.74) is 1.32. The molecule has 0 bridgehead atoms. The molecule has 11 heteroatoms. The van der Waals surface area contributed by atoms with Crippen LogP contribution in [0.2, 0.25) is 0 Å². The van der Waals surface area contributed by atoms with Crippen LogP contribution >= 0.6 is 11.6 Å². The van der Waals surface area contributed by atoms with E-state index in [0.29, 0.717) is 28.4 Å². The van der Waals surface area contributed by atoms with Gasteiger partial charge in [-0.25, -0.2) is 9.50 Å². The molecule has 0 spiro atoms. The molecule has 0 unspecified atom stereocenters. The maximum atomic E-state index is 13.2. The van der Waals surface area contributed by atoms with Gasteiger partial charge in [0.05, 0.1) is 24.0 Å². The van der Waals surface area contributed by atoms with Crippen LogP contribution in [-0.2, 0) is 16.1 Å². The summed E-state index contributed by atoms with van der Waals surface area (Å²) in [6.45, 7) is 7.27. The van der Waals surface area contributed by atoms with Gasteiger partial charge in [0.1, 0.15) is 23.6 Å². The summed E-state index contributed by atoms with van der Waals surface area (Å²) in [5.74, 6) is 2.09. The molecule has 3 rings (SSSR count). The predicted molar refractivity (Wildman–Crippen MR) is 133 cm³/mol. The number of amides is 2. The zero-order valence-electron chi connectivity index (χ0n) is 20.1. The van der Waals surface area contributed by atoms with E-state index in [1.54, 1.807) is 31.6 Å². The van der Waals surface area contributed by atoms with E-state index in [1.165, 1.54) is 28.6 Å². The van der Waals surface area contributed by atoms with Crippen LogP contribution in [-0.4, -0.2) is 48.8 Å². The van der Waals surface area contributed by atoms with E-state index < -0.39 is 11.4 Å². The van der Waals surface area contributed by atoms with Crippen LogP contribution in [0.4, 0.5) is 5.69 Å². The number of terminal acetylenes is 1. The van der Waals surface area contributed by atoms with Crippen LogP contribution in [0.15, 0.2) is 47.7 Å². The van der Waals surface area contributed by atoms with Crippen LogP contribution in [0.1, 0.15) is 43.7 Å². The Morgan fingerprint density at radius 2 is 2.09 bits per heavy atom. The first-order valence-electron chi connectivity index (χ1n) is 10.6. The van der Waals surface area contributed by atoms with Crippen molar-refractivity contribution in [1.82, 2.24) is 29.7 Å². The van der Waals surface area contributed by atoms with Crippen molar-refractivity contribution in [3.8, 4) is 12.3 Å². The number of hydrogen-bond acceptors (Lipinski definition) is 6. The Hall–Kier alpha value is -4.10. The van der Waals surface area contributed by atoms with Gasteiger partial charge in [-0.3, -0.25) is 14.3 Å². The molecule has 0 aliphatic heterocycles. The molecule has 3 aromatic heterocycles. The number of ether oxygens (including phenoxy) is 1. The summed E-state index contributed by atoms with van der Waals surface area (Å²) in [7, 11) is 1.49. The highest BCUT2D eigenvalue weighted by atomic mass is 35.5. The number of hydrogen-bond donors (Lipinski definition) is 2. The molecule has 0 radical (unpaired) electrons. The fourth-order valence-corrected chi connectivity index (χ4v) is 3.30. The molecule has 3 heterocycles. The molecule has 0 fully saturated rings. The summed E-state index contributed by atoms with van der Waals surface area (Å²) in [5, 5.41) is 14.5. The van der Waals surface area contributed by atoms with Crippen LogP contribution in [0.25, 0.3) is 11.2 Å². The van der Waals surface area contributed by atoms with E-state index in [0.717, 1.165) is 0 Å². The first kappa shape index (κ1) is 25.5. The largest absolute Gasteiger partial charge is 0.501 e. The maximum absolute atomic E-state index is 13.2. The number of aromatic nitrogens is 5. The van der Waals surface area contributed by atoms with Gasteiger partial charge in [-0.2, -0.15) is 10.2 Å². The van der Waals surface area contributed by atoms with Gasteiger partial charge in [0.25, 0.3) is 5.91 Å². The van der Waals surface area contributed by atoms with E-state index in [4.69, 9.17) is 22.8 Å². The molecule has 0 atom stereocenters. The lowest BCUT2D eigenvalue weighted by molar-refractivity contribution is -0.123. The van der Waals surface area contributed by atoms with E-state index in [9.17, 15) is 9.59 Å². The minimum absolute atomic E-state index is 0.0791. The molecule has 0 aromatic carbocycles. The highest BCUT2D eigenvalue weighted by molar-refractivity contribution is 6.32. The minimum atomic E-state index is -0.458. The van der Waals surface area contributed by atoms with Gasteiger partial charge in [-0.05, 0) is 39.8 Å². The van der Waals surface area contributed by atoms with Gasteiger partial charge in [0.2, 0.25) is 5.91 Å². The lowest BCUT2D eigenvalue weighted by Gasteiger charge is -2.20. The molecule has 0 aliphatic rings. The van der Waals surface area contributed by atoms with Crippen molar-refractivity contribution in [1.29, 1.82) is 0 Å². The van der Waals surface area contributed by atoms with Gasteiger partial charge < -0.3 is 15.4 Å². The highest BCUT2D eigenvalue weighted by Crippen LogP contribution is 2.29. The van der Waals surface area contributed by atoms with E-state index in [2.05, 4.69) is 31.7 Å². The molecule has 182 valence electrons. The summed E-state index contributed by atoms with van der Waals surface area (Å²) in [4.78, 5) is 29.9. The van der Waals surface area contributed by atoms with Gasteiger partial charge in [-0.1, -0.05) is 17.5 Å². The van der Waals surface area contributed by atoms with Crippen molar-refractivity contribution in [3.63, 3.8) is 0 Å². The summed E-state index contributed by atoms with van der Waals surface area (Å²) >= 11 is 6.11. The van der Waals surface area contributed by atoms with Crippen LogP contribution in [0, 0.1) is 12.3 Å². The van der Waals surface area contributed by atoms with Crippen molar-refractivity contribution < 1.29 is 14.3 Å². The van der Waals surface area contributed by atoms with Gasteiger partial charge in [-0.15, -0.1) is 6.42 Å². The lowest BCUT2D eigenvalue weighted by Crippen LogP contribution is -2.42. The van der Waals surface area contributed by atoms with E-state index in [-0.39, 0.29) is 23.0 Å². The summed E-state index contributed by atoms with van der Waals surface area (Å²) < 4.78 is 8.31. The highest BCUT2D eigenvalue weighted by Gasteiger charge is 2.22. The van der Waals surface area contributed by atoms with Crippen molar-refractivity contribution in [2.45, 2.75) is 39.8 Å². The summed E-state index contributed by atoms with van der Waals surface area (Å²) in [6.07, 6.45) is 13.2. The lowest BCUT2D eigenvalue weighted by atomic mass is 10.1. The normalized spacial score (nSPS) is 12.7. The van der Waals surface area contributed by atoms with Crippen LogP contribution in [0.5, 0.6) is 0 Å². The van der Waals surface area contributed by atoms with Crippen molar-refractivity contribution in [2.24, 2.45) is 0 Å². The number of allylic oxidation sites excluding steroid dienone is 4. The third-order valence-electron chi connectivity index (χ3n) is 4.70. The second-order valence-corrected chi connectivity index (χ2v) is 9.01. The molecule has 0 aliphatic carbocycles. The molecule has 2 N–H and O–H groups in total. The first-order chi connectivity index (χ1) is 16.5. The third kappa shape index (κ3) is 6.28. The Bertz CT molecular complexity index is 1370. The topological polar surface area (TPSA) is 115 Å². The Labute approximate surface area is 208 Å². The number of carbonyl (C=O) groups is 2. The van der Waals surface area contributed by atoms with Gasteiger partial charge >= 0.3 is 0 Å². The molecule has 0 saturated heterocycles. The van der Waals surface area contributed by atoms with Crippen molar-refractivity contribution >= 4 is 40.3 Å². The predicted octanol–water partition coefficient (Wildman–Crippen LogP) is 3.23. The number of anilines is 1. The Kier molecular flexibility index (Phi) is 7.62. The van der Waals surface area contributed by atoms with Crippen molar-refractivity contribution in [3.05, 3.63) is 59.0 Å². The van der Waals surface area contributed by atoms with Gasteiger partial charge in [0, 0.05) is 29.7 Å². The fourth-order valence-electron chi connectivity index (χ4n) is 3.19. The number of fused-ring (bicyclic) bond motifs is 1. The quantitative estimate of drug-likeness (QED) is 0.295. The number of carbonyl (C=O) groups excluding carboxylic acids is 2. The van der Waals surface area contributed by atoms with Crippen LogP contribution in [0.3, 0.4) is 0 Å². The molecule has 10 nitrogen and oxygen atoms in total. The molecule has 2 amide bonds. The average molecular weight is 496 g/mol. The smallest absolute Gasteiger partial charge is 0.261 e. The number of nitrogens with zero attached hydrogens (tertiary/aromatic N) is 5. The van der Waals surface area contributed by atoms with Gasteiger partial charge in [0.15, 0.2) is 5.65 Å². The number of methoxy groups -OCH3 is 1. The Balaban J connectivity index is 2.05. The first-order valence-corrected chi connectivity index (χ1v) is 11.0. The number of rotatable bonds is 7. The van der Waals surface area contributed by atoms with E-state index in [1.807, 2.05) is 20.8 Å². The molecular weight excluding hydrogens is 470 g/mol. The monoisotopic (exact) mass is 495 g/mol. The number of nitrogens with one attached hydrogen (secondary N) is 2. The molecule has 0 saturated carbocycles. The van der Waals surface area contributed by atoms with Crippen LogP contribution < -0.4 is 10.6 Å². The molecule has 35 heavy (non-hydrogen) atoms. The summed E-state index contributed by atoms with van der Waals surface area (Å²) in [6, 6.07) is 1.71.